The molecule has 0 heterocycles. The van der Waals surface area contributed by atoms with Crippen LogP contribution in [-0.4, -0.2) is 25.9 Å². The summed E-state index contributed by atoms with van der Waals surface area (Å²) in [6, 6.07) is 9.14. The van der Waals surface area contributed by atoms with E-state index in [4.69, 9.17) is 14.8 Å². The summed E-state index contributed by atoms with van der Waals surface area (Å²) in [4.78, 5) is -0.803. The molecule has 2 aromatic rings. The fourth-order valence-electron chi connectivity index (χ4n) is 1.77. The minimum absolute atomic E-state index is 0.132. The van der Waals surface area contributed by atoms with Gasteiger partial charge in [-0.3, -0.25) is 9.11 Å². The molecule has 0 aliphatic heterocycles. The summed E-state index contributed by atoms with van der Waals surface area (Å²) in [5.74, 6) is 0. The van der Waals surface area contributed by atoms with Gasteiger partial charge < -0.3 is 5.73 Å². The van der Waals surface area contributed by atoms with Crippen LogP contribution in [0.4, 0.5) is 5.69 Å². The Morgan fingerprint density at radius 3 is 2.00 bits per heavy atom. The van der Waals surface area contributed by atoms with E-state index < -0.39 is 25.1 Å². The highest BCUT2D eigenvalue weighted by atomic mass is 32.2. The van der Waals surface area contributed by atoms with Crippen LogP contribution in [0.5, 0.6) is 0 Å². The normalized spacial score (nSPS) is 12.3. The minimum atomic E-state index is -4.50. The van der Waals surface area contributed by atoms with Gasteiger partial charge in [-0.25, -0.2) is 0 Å². The first-order valence-corrected chi connectivity index (χ1v) is 8.42. The zero-order valence-electron chi connectivity index (χ0n) is 10.5. The number of benzene rings is 2. The highest BCUT2D eigenvalue weighted by Crippen LogP contribution is 2.28. The van der Waals surface area contributed by atoms with E-state index in [-0.39, 0.29) is 10.6 Å². The molecule has 0 fully saturated rings. The van der Waals surface area contributed by atoms with Gasteiger partial charge in [0.05, 0.1) is 10.6 Å². The van der Waals surface area contributed by atoms with Crippen molar-refractivity contribution in [2.24, 2.45) is 0 Å². The van der Waals surface area contributed by atoms with E-state index in [1.165, 1.54) is 36.4 Å². The Labute approximate surface area is 121 Å². The molecule has 0 bridgehead atoms. The second kappa shape index (κ2) is 5.11. The van der Waals surface area contributed by atoms with Crippen molar-refractivity contribution in [2.75, 3.05) is 5.73 Å². The van der Waals surface area contributed by atoms with Crippen molar-refractivity contribution < 1.29 is 25.9 Å². The molecule has 0 unspecified atom stereocenters. The molecule has 0 amide bonds. The molecule has 0 aromatic heterocycles. The molecule has 0 spiro atoms. The Morgan fingerprint density at radius 1 is 0.810 bits per heavy atom. The molecule has 9 heteroatoms. The molecule has 0 aliphatic carbocycles. The maximum Gasteiger partial charge on any atom is 0.296 e. The van der Waals surface area contributed by atoms with Crippen LogP contribution < -0.4 is 5.73 Å². The van der Waals surface area contributed by atoms with Crippen LogP contribution >= 0.6 is 0 Å². The Balaban J connectivity index is 2.64. The van der Waals surface area contributed by atoms with Gasteiger partial charge in [-0.05, 0) is 35.4 Å². The van der Waals surface area contributed by atoms with Crippen LogP contribution in [-0.2, 0) is 20.2 Å². The molecular formula is C12H11NO6S2. The number of hydrogen-bond donors (Lipinski definition) is 3. The third-order valence-electron chi connectivity index (χ3n) is 2.76. The van der Waals surface area contributed by atoms with E-state index in [9.17, 15) is 16.8 Å². The predicted octanol–water partition coefficient (Wildman–Crippen LogP) is 1.43. The van der Waals surface area contributed by atoms with Gasteiger partial charge in [0.2, 0.25) is 0 Å². The average molecular weight is 329 g/mol. The first kappa shape index (κ1) is 15.4. The van der Waals surface area contributed by atoms with Gasteiger partial charge in [-0.15, -0.1) is 0 Å². The zero-order valence-corrected chi connectivity index (χ0v) is 12.1. The molecule has 0 saturated heterocycles. The lowest BCUT2D eigenvalue weighted by atomic mass is 10.1. The van der Waals surface area contributed by atoms with E-state index in [1.807, 2.05) is 0 Å². The summed E-state index contributed by atoms with van der Waals surface area (Å²) >= 11 is 0. The van der Waals surface area contributed by atoms with Gasteiger partial charge in [0.15, 0.2) is 0 Å². The number of anilines is 1. The smallest absolute Gasteiger partial charge is 0.296 e. The molecule has 4 N–H and O–H groups in total. The van der Waals surface area contributed by atoms with E-state index in [1.54, 1.807) is 0 Å². The Morgan fingerprint density at radius 2 is 1.43 bits per heavy atom. The Kier molecular flexibility index (Phi) is 3.76. The molecule has 7 nitrogen and oxygen atoms in total. The van der Waals surface area contributed by atoms with Gasteiger partial charge in [0, 0.05) is 0 Å². The van der Waals surface area contributed by atoms with Crippen LogP contribution in [0.25, 0.3) is 11.1 Å². The van der Waals surface area contributed by atoms with Gasteiger partial charge in [0.25, 0.3) is 20.2 Å². The maximum absolute atomic E-state index is 11.2. The van der Waals surface area contributed by atoms with Gasteiger partial charge in [0.1, 0.15) is 4.90 Å². The van der Waals surface area contributed by atoms with E-state index in [2.05, 4.69) is 0 Å². The third-order valence-corrected chi connectivity index (χ3v) is 4.52. The molecular weight excluding hydrogens is 318 g/mol. The van der Waals surface area contributed by atoms with Crippen LogP contribution in [0.3, 0.4) is 0 Å². The minimum Gasteiger partial charge on any atom is -0.398 e. The van der Waals surface area contributed by atoms with E-state index >= 15 is 0 Å². The second-order valence-electron chi connectivity index (χ2n) is 4.23. The molecule has 2 aromatic carbocycles. The predicted molar refractivity (Wildman–Crippen MR) is 75.9 cm³/mol. The molecule has 21 heavy (non-hydrogen) atoms. The standard InChI is InChI=1S/C12H11NO6S2/c13-11-5-4-9(7-12(11)21(17,18)19)8-2-1-3-10(6-8)20(14,15)16/h1-7H,13H2,(H,14,15,16)(H,17,18,19). The second-order valence-corrected chi connectivity index (χ2v) is 7.04. The van der Waals surface area contributed by atoms with Crippen molar-refractivity contribution in [2.45, 2.75) is 9.79 Å². The van der Waals surface area contributed by atoms with Crippen molar-refractivity contribution in [3.63, 3.8) is 0 Å². The van der Waals surface area contributed by atoms with Crippen molar-refractivity contribution in [1.29, 1.82) is 0 Å². The number of hydrogen-bond acceptors (Lipinski definition) is 5. The SMILES string of the molecule is Nc1ccc(-c2cccc(S(=O)(=O)O)c2)cc1S(=O)(=O)O. The monoisotopic (exact) mass is 329 g/mol. The summed E-state index contributed by atoms with van der Waals surface area (Å²) in [5, 5.41) is 0. The quantitative estimate of drug-likeness (QED) is 0.572. The summed E-state index contributed by atoms with van der Waals surface area (Å²) in [7, 11) is -8.87. The summed E-state index contributed by atoms with van der Waals surface area (Å²) < 4.78 is 62.7. The van der Waals surface area contributed by atoms with Crippen molar-refractivity contribution in [3.05, 3.63) is 42.5 Å². The number of rotatable bonds is 3. The fraction of sp³-hybridized carbons (Fsp3) is 0. The highest BCUT2D eigenvalue weighted by Gasteiger charge is 2.16. The van der Waals surface area contributed by atoms with Crippen LogP contribution in [0.2, 0.25) is 0 Å². The fourth-order valence-corrected chi connectivity index (χ4v) is 2.94. The topological polar surface area (TPSA) is 135 Å². The average Bonchev–Trinajstić information content (AvgIpc) is 2.37. The Hall–Kier alpha value is -1.94. The highest BCUT2D eigenvalue weighted by molar-refractivity contribution is 7.86. The maximum atomic E-state index is 11.2. The summed E-state index contributed by atoms with van der Waals surface area (Å²) in [6.45, 7) is 0. The van der Waals surface area contributed by atoms with Crippen LogP contribution in [0.15, 0.2) is 52.3 Å². The molecule has 112 valence electrons. The zero-order chi connectivity index (χ0) is 15.8. The first-order valence-electron chi connectivity index (χ1n) is 5.54. The van der Waals surface area contributed by atoms with E-state index in [0.29, 0.717) is 11.1 Å². The lowest BCUT2D eigenvalue weighted by Gasteiger charge is -2.07. The van der Waals surface area contributed by atoms with Crippen molar-refractivity contribution in [1.82, 2.24) is 0 Å². The Bertz CT molecular complexity index is 903. The first-order chi connectivity index (χ1) is 9.59. The van der Waals surface area contributed by atoms with Crippen molar-refractivity contribution in [3.8, 4) is 11.1 Å². The molecule has 0 atom stereocenters. The molecule has 0 radical (unpaired) electrons. The largest absolute Gasteiger partial charge is 0.398 e. The molecule has 2 rings (SSSR count). The van der Waals surface area contributed by atoms with Gasteiger partial charge >= 0.3 is 0 Å². The summed E-state index contributed by atoms with van der Waals surface area (Å²) in [5.41, 5.74) is 6.01. The number of nitrogen functional groups attached to an aromatic ring is 1. The van der Waals surface area contributed by atoms with Crippen LogP contribution in [0.1, 0.15) is 0 Å². The van der Waals surface area contributed by atoms with E-state index in [0.717, 1.165) is 6.07 Å². The lowest BCUT2D eigenvalue weighted by Crippen LogP contribution is -2.03. The summed E-state index contributed by atoms with van der Waals surface area (Å²) in [6.07, 6.45) is 0. The number of nitrogens with two attached hydrogens (primary N) is 1. The molecule has 0 aliphatic rings. The van der Waals surface area contributed by atoms with Gasteiger partial charge in [-0.1, -0.05) is 18.2 Å². The van der Waals surface area contributed by atoms with Crippen molar-refractivity contribution >= 4 is 25.9 Å². The third kappa shape index (κ3) is 3.39. The lowest BCUT2D eigenvalue weighted by molar-refractivity contribution is 0.481. The molecule has 0 saturated carbocycles. The van der Waals surface area contributed by atoms with Crippen LogP contribution in [0, 0.1) is 0 Å². The van der Waals surface area contributed by atoms with Gasteiger partial charge in [-0.2, -0.15) is 16.8 Å².